The van der Waals surface area contributed by atoms with E-state index in [9.17, 15) is 4.79 Å². The van der Waals surface area contributed by atoms with Crippen molar-refractivity contribution >= 4 is 17.2 Å². The second-order valence-electron chi connectivity index (χ2n) is 8.81. The molecule has 0 unspecified atom stereocenters. The molecule has 0 radical (unpaired) electrons. The molecule has 1 N–H and O–H groups in total. The van der Waals surface area contributed by atoms with Gasteiger partial charge in [0.2, 0.25) is 0 Å². The summed E-state index contributed by atoms with van der Waals surface area (Å²) in [6, 6.07) is 12.6. The Morgan fingerprint density at radius 3 is 2.70 bits per heavy atom. The van der Waals surface area contributed by atoms with E-state index in [1.165, 1.54) is 5.56 Å². The normalized spacial score (nSPS) is 19.3. The van der Waals surface area contributed by atoms with Crippen LogP contribution in [-0.2, 0) is 17.7 Å². The van der Waals surface area contributed by atoms with Gasteiger partial charge in [0.1, 0.15) is 11.3 Å². The van der Waals surface area contributed by atoms with E-state index in [-0.39, 0.29) is 12.1 Å². The number of urea groups is 1. The number of imidazole rings is 1. The topological polar surface area (TPSA) is 75.5 Å². The third-order valence-electron chi connectivity index (χ3n) is 6.62. The number of nitrogens with zero attached hydrogens (tertiary/aromatic N) is 5. The monoisotopic (exact) mass is 448 g/mol. The van der Waals surface area contributed by atoms with Crippen LogP contribution in [0.3, 0.4) is 0 Å². The average Bonchev–Trinajstić information content (AvgIpc) is 3.51. The molecular formula is C25H32N6O2. The summed E-state index contributed by atoms with van der Waals surface area (Å²) >= 11 is 0. The Morgan fingerprint density at radius 1 is 1.15 bits per heavy atom. The molecule has 2 fully saturated rings. The fraction of sp³-hybridized carbons (Fsp3) is 0.480. The molecule has 174 valence electrons. The summed E-state index contributed by atoms with van der Waals surface area (Å²) in [5.74, 6) is 0.976. The lowest BCUT2D eigenvalue weighted by atomic mass is 10.1. The number of aromatic nitrogens is 3. The van der Waals surface area contributed by atoms with Gasteiger partial charge in [0, 0.05) is 51.2 Å². The van der Waals surface area contributed by atoms with E-state index in [2.05, 4.69) is 51.0 Å². The molecule has 2 saturated heterocycles. The maximum Gasteiger partial charge on any atom is 0.317 e. The number of benzene rings is 1. The van der Waals surface area contributed by atoms with Crippen molar-refractivity contribution in [3.05, 3.63) is 54.0 Å². The van der Waals surface area contributed by atoms with Gasteiger partial charge in [-0.2, -0.15) is 0 Å². The van der Waals surface area contributed by atoms with E-state index in [0.29, 0.717) is 19.6 Å². The van der Waals surface area contributed by atoms with Gasteiger partial charge in [0.05, 0.1) is 12.6 Å². The summed E-state index contributed by atoms with van der Waals surface area (Å²) in [6.07, 6.45) is 5.12. The minimum Gasteiger partial charge on any atom is -0.376 e. The Morgan fingerprint density at radius 2 is 1.97 bits per heavy atom. The van der Waals surface area contributed by atoms with Gasteiger partial charge in [0.25, 0.3) is 0 Å². The summed E-state index contributed by atoms with van der Waals surface area (Å²) in [4.78, 5) is 26.3. The summed E-state index contributed by atoms with van der Waals surface area (Å²) in [7, 11) is 0. The average molecular weight is 449 g/mol. The number of carbonyl (C=O) groups is 1. The minimum absolute atomic E-state index is 0.0117. The first-order valence-electron chi connectivity index (χ1n) is 12.0. The van der Waals surface area contributed by atoms with Crippen molar-refractivity contribution in [2.24, 2.45) is 0 Å². The number of hydrogen-bond acceptors (Lipinski definition) is 5. The van der Waals surface area contributed by atoms with E-state index in [1.54, 1.807) is 0 Å². The van der Waals surface area contributed by atoms with Crippen LogP contribution < -0.4 is 5.32 Å². The quantitative estimate of drug-likeness (QED) is 0.628. The van der Waals surface area contributed by atoms with Crippen molar-refractivity contribution < 1.29 is 9.53 Å². The standard InChI is InChI=1S/C25H32N6O2/c1-2-19-7-9-20(10-8-19)31-23(28-22-6-3-11-26-24(22)31)18-29-12-14-30(15-13-29)25(32)27-17-21-5-4-16-33-21/h3,6-11,21H,2,4-5,12-18H2,1H3,(H,27,32)/t21-/m1/s1. The first kappa shape index (κ1) is 21.9. The molecule has 2 aromatic heterocycles. The zero-order valence-corrected chi connectivity index (χ0v) is 19.2. The van der Waals surface area contributed by atoms with Crippen molar-refractivity contribution in [2.45, 2.75) is 38.8 Å². The molecule has 1 aromatic carbocycles. The molecule has 8 nitrogen and oxygen atoms in total. The molecule has 3 aromatic rings. The fourth-order valence-electron chi connectivity index (χ4n) is 4.64. The largest absolute Gasteiger partial charge is 0.376 e. The molecule has 2 aliphatic heterocycles. The van der Waals surface area contributed by atoms with Gasteiger partial charge in [0.15, 0.2) is 5.65 Å². The predicted octanol–water partition coefficient (Wildman–Crippen LogP) is 2.99. The number of ether oxygens (including phenoxy) is 1. The van der Waals surface area contributed by atoms with Crippen LogP contribution in [0.25, 0.3) is 16.9 Å². The van der Waals surface area contributed by atoms with Gasteiger partial charge < -0.3 is 15.0 Å². The number of aryl methyl sites for hydroxylation is 1. The Kier molecular flexibility index (Phi) is 6.55. The van der Waals surface area contributed by atoms with Crippen LogP contribution in [0.15, 0.2) is 42.6 Å². The minimum atomic E-state index is 0.0117. The van der Waals surface area contributed by atoms with Gasteiger partial charge in [-0.15, -0.1) is 0 Å². The second-order valence-corrected chi connectivity index (χ2v) is 8.81. The highest BCUT2D eigenvalue weighted by Crippen LogP contribution is 2.22. The molecule has 0 spiro atoms. The molecule has 8 heteroatoms. The van der Waals surface area contributed by atoms with Gasteiger partial charge >= 0.3 is 6.03 Å². The van der Waals surface area contributed by atoms with Crippen molar-refractivity contribution in [3.8, 4) is 5.69 Å². The number of hydrogen-bond donors (Lipinski definition) is 1. The third-order valence-corrected chi connectivity index (χ3v) is 6.62. The zero-order valence-electron chi connectivity index (χ0n) is 19.2. The van der Waals surface area contributed by atoms with Gasteiger partial charge in [-0.3, -0.25) is 9.47 Å². The van der Waals surface area contributed by atoms with Crippen molar-refractivity contribution in [1.29, 1.82) is 0 Å². The molecular weight excluding hydrogens is 416 g/mol. The van der Waals surface area contributed by atoms with Crippen LogP contribution in [0.1, 0.15) is 31.2 Å². The van der Waals surface area contributed by atoms with E-state index in [0.717, 1.165) is 68.2 Å². The lowest BCUT2D eigenvalue weighted by molar-refractivity contribution is 0.103. The molecule has 33 heavy (non-hydrogen) atoms. The highest BCUT2D eigenvalue weighted by atomic mass is 16.5. The fourth-order valence-corrected chi connectivity index (χ4v) is 4.64. The second kappa shape index (κ2) is 9.89. The lowest BCUT2D eigenvalue weighted by Gasteiger charge is -2.34. The van der Waals surface area contributed by atoms with E-state index in [4.69, 9.17) is 9.72 Å². The number of rotatable bonds is 6. The maximum atomic E-state index is 12.5. The molecule has 4 heterocycles. The number of carbonyl (C=O) groups excluding carboxylic acids is 1. The van der Waals surface area contributed by atoms with Crippen LogP contribution >= 0.6 is 0 Å². The number of amides is 2. The first-order chi connectivity index (χ1) is 16.2. The van der Waals surface area contributed by atoms with Crippen molar-refractivity contribution in [1.82, 2.24) is 29.7 Å². The molecule has 2 aliphatic rings. The zero-order chi connectivity index (χ0) is 22.6. The SMILES string of the molecule is CCc1ccc(-n2c(CN3CCN(C(=O)NC[C@H]4CCCO4)CC3)nc3cccnc32)cc1. The Labute approximate surface area is 194 Å². The maximum absolute atomic E-state index is 12.5. The highest BCUT2D eigenvalue weighted by molar-refractivity contribution is 5.74. The Hall–Kier alpha value is -2.97. The van der Waals surface area contributed by atoms with Crippen LogP contribution in [0.4, 0.5) is 4.79 Å². The summed E-state index contributed by atoms with van der Waals surface area (Å²) < 4.78 is 7.77. The number of piperazine rings is 1. The number of fused-ring (bicyclic) bond motifs is 1. The molecule has 0 aliphatic carbocycles. The summed E-state index contributed by atoms with van der Waals surface area (Å²) in [5, 5.41) is 3.04. The van der Waals surface area contributed by atoms with Crippen LogP contribution in [0.2, 0.25) is 0 Å². The lowest BCUT2D eigenvalue weighted by Crippen LogP contribution is -2.52. The Bertz CT molecular complexity index is 1080. The van der Waals surface area contributed by atoms with Crippen molar-refractivity contribution in [3.63, 3.8) is 0 Å². The van der Waals surface area contributed by atoms with E-state index in [1.807, 2.05) is 23.2 Å². The van der Waals surface area contributed by atoms with Gasteiger partial charge in [-0.25, -0.2) is 14.8 Å². The van der Waals surface area contributed by atoms with Crippen LogP contribution in [0.5, 0.6) is 0 Å². The number of pyridine rings is 1. The van der Waals surface area contributed by atoms with Gasteiger partial charge in [-0.05, 0) is 49.1 Å². The van der Waals surface area contributed by atoms with E-state index < -0.39 is 0 Å². The third kappa shape index (κ3) is 4.86. The summed E-state index contributed by atoms with van der Waals surface area (Å²) in [6.45, 7) is 7.35. The van der Waals surface area contributed by atoms with Gasteiger partial charge in [-0.1, -0.05) is 19.1 Å². The smallest absolute Gasteiger partial charge is 0.317 e. The number of nitrogens with one attached hydrogen (secondary N) is 1. The summed E-state index contributed by atoms with van der Waals surface area (Å²) in [5.41, 5.74) is 4.17. The molecule has 5 rings (SSSR count). The molecule has 0 bridgehead atoms. The predicted molar refractivity (Wildman–Crippen MR) is 127 cm³/mol. The first-order valence-corrected chi connectivity index (χ1v) is 12.0. The van der Waals surface area contributed by atoms with Crippen LogP contribution in [0, 0.1) is 0 Å². The highest BCUT2D eigenvalue weighted by Gasteiger charge is 2.24. The molecule has 1 atom stereocenters. The Balaban J connectivity index is 1.25. The molecule has 2 amide bonds. The van der Waals surface area contributed by atoms with E-state index >= 15 is 0 Å². The van der Waals surface area contributed by atoms with Crippen molar-refractivity contribution in [2.75, 3.05) is 39.3 Å². The molecule has 0 saturated carbocycles. The van der Waals surface area contributed by atoms with Crippen LogP contribution in [-0.4, -0.2) is 75.8 Å².